The van der Waals surface area contributed by atoms with Gasteiger partial charge in [-0.3, -0.25) is 14.5 Å². The van der Waals surface area contributed by atoms with Crippen LogP contribution in [-0.4, -0.2) is 33.7 Å². The number of carbonyl (C=O) groups is 2. The molecule has 0 fully saturated rings. The zero-order chi connectivity index (χ0) is 21.8. The maximum absolute atomic E-state index is 12.9. The molecule has 154 valence electrons. The van der Waals surface area contributed by atoms with Crippen molar-refractivity contribution in [2.45, 2.75) is 27.7 Å². The standard InChI is InChI=1S/C21H15N3O2.2C2H6/c1-24-20(25)18(14-10-22-16-8-4-2-6-12(14)16)19(21(24)26)15-11-23-17-9-5-3-7-13(15)17;2*1-2/h2-11,22-23H,1H3;2*1-2H3. The molecule has 0 bridgehead atoms. The highest BCUT2D eigenvalue weighted by Crippen LogP contribution is 2.39. The van der Waals surface area contributed by atoms with Gasteiger partial charge in [-0.1, -0.05) is 64.1 Å². The summed E-state index contributed by atoms with van der Waals surface area (Å²) in [5.41, 5.74) is 4.26. The highest BCUT2D eigenvalue weighted by molar-refractivity contribution is 6.50. The molecule has 3 heterocycles. The molecule has 5 heteroatoms. The number of hydrogen-bond donors (Lipinski definition) is 2. The summed E-state index contributed by atoms with van der Waals surface area (Å²) in [6, 6.07) is 15.5. The molecule has 0 aliphatic carbocycles. The summed E-state index contributed by atoms with van der Waals surface area (Å²) in [7, 11) is 1.53. The number of para-hydroxylation sites is 2. The van der Waals surface area contributed by atoms with Crippen molar-refractivity contribution in [2.75, 3.05) is 7.05 Å². The highest BCUT2D eigenvalue weighted by Gasteiger charge is 2.38. The summed E-state index contributed by atoms with van der Waals surface area (Å²) in [4.78, 5) is 33.4. The van der Waals surface area contributed by atoms with Crippen molar-refractivity contribution >= 4 is 44.8 Å². The van der Waals surface area contributed by atoms with Crippen molar-refractivity contribution < 1.29 is 9.59 Å². The number of H-pyrrole nitrogens is 2. The van der Waals surface area contributed by atoms with Gasteiger partial charge in [-0.2, -0.15) is 0 Å². The van der Waals surface area contributed by atoms with Gasteiger partial charge in [0.15, 0.2) is 0 Å². The molecule has 4 aromatic rings. The van der Waals surface area contributed by atoms with E-state index in [-0.39, 0.29) is 11.8 Å². The molecule has 0 spiro atoms. The number of aromatic amines is 2. The lowest BCUT2D eigenvalue weighted by Crippen LogP contribution is -2.26. The van der Waals surface area contributed by atoms with E-state index in [9.17, 15) is 9.59 Å². The molecule has 0 unspecified atom stereocenters. The van der Waals surface area contributed by atoms with Gasteiger partial charge in [-0.05, 0) is 12.1 Å². The largest absolute Gasteiger partial charge is 0.361 e. The third kappa shape index (κ3) is 3.22. The van der Waals surface area contributed by atoms with Crippen molar-refractivity contribution in [1.29, 1.82) is 0 Å². The minimum atomic E-state index is -0.278. The van der Waals surface area contributed by atoms with E-state index in [0.717, 1.165) is 32.9 Å². The quantitative estimate of drug-likeness (QED) is 0.429. The number of benzene rings is 2. The fraction of sp³-hybridized carbons (Fsp3) is 0.200. The molecule has 1 aliphatic rings. The van der Waals surface area contributed by atoms with Crippen molar-refractivity contribution in [2.24, 2.45) is 0 Å². The van der Waals surface area contributed by atoms with Crippen LogP contribution >= 0.6 is 0 Å². The molecule has 2 amide bonds. The normalized spacial score (nSPS) is 13.4. The molecular weight excluding hydrogens is 374 g/mol. The van der Waals surface area contributed by atoms with E-state index in [1.807, 2.05) is 76.2 Å². The van der Waals surface area contributed by atoms with Crippen LogP contribution < -0.4 is 0 Å². The van der Waals surface area contributed by atoms with Gasteiger partial charge in [-0.25, -0.2) is 0 Å². The summed E-state index contributed by atoms with van der Waals surface area (Å²) in [5, 5.41) is 1.85. The number of imide groups is 1. The van der Waals surface area contributed by atoms with Crippen LogP contribution in [0, 0.1) is 0 Å². The van der Waals surface area contributed by atoms with Gasteiger partial charge in [0.2, 0.25) is 0 Å². The van der Waals surface area contributed by atoms with Gasteiger partial charge < -0.3 is 9.97 Å². The average Bonchev–Trinajstić information content (AvgIpc) is 3.48. The van der Waals surface area contributed by atoms with Crippen molar-refractivity contribution in [3.05, 3.63) is 72.1 Å². The zero-order valence-corrected chi connectivity index (χ0v) is 18.0. The Morgan fingerprint density at radius 3 is 1.40 bits per heavy atom. The minimum absolute atomic E-state index is 0.278. The fourth-order valence-corrected chi connectivity index (χ4v) is 3.70. The number of amides is 2. The Morgan fingerprint density at radius 1 is 0.633 bits per heavy atom. The molecule has 2 aromatic heterocycles. The second-order valence-electron chi connectivity index (χ2n) is 6.42. The van der Waals surface area contributed by atoms with Gasteiger partial charge in [-0.15, -0.1) is 0 Å². The first kappa shape index (κ1) is 21.1. The van der Waals surface area contributed by atoms with Crippen LogP contribution in [0.1, 0.15) is 38.8 Å². The summed E-state index contributed by atoms with van der Waals surface area (Å²) >= 11 is 0. The molecule has 1 aliphatic heterocycles. The van der Waals surface area contributed by atoms with Crippen molar-refractivity contribution in [3.63, 3.8) is 0 Å². The summed E-state index contributed by atoms with van der Waals surface area (Å²) < 4.78 is 0. The predicted molar refractivity (Wildman–Crippen MR) is 124 cm³/mol. The van der Waals surface area contributed by atoms with Gasteiger partial charge in [0.05, 0.1) is 11.1 Å². The van der Waals surface area contributed by atoms with Gasteiger partial charge in [0.25, 0.3) is 11.8 Å². The van der Waals surface area contributed by atoms with Gasteiger partial charge >= 0.3 is 0 Å². The number of nitrogens with one attached hydrogen (secondary N) is 2. The molecule has 0 saturated carbocycles. The lowest BCUT2D eigenvalue weighted by Gasteiger charge is -2.06. The number of likely N-dealkylation sites (N-methyl/N-ethyl adjacent to an activating group) is 1. The van der Waals surface area contributed by atoms with Crippen LogP contribution in [0.5, 0.6) is 0 Å². The molecule has 2 N–H and O–H groups in total. The molecule has 0 atom stereocenters. The Balaban J connectivity index is 0.000000606. The molecular formula is C25H27N3O2. The van der Waals surface area contributed by atoms with Crippen LogP contribution in [-0.2, 0) is 9.59 Å². The number of carbonyl (C=O) groups excluding carboxylic acids is 2. The Labute approximate surface area is 176 Å². The van der Waals surface area contributed by atoms with E-state index in [4.69, 9.17) is 0 Å². The molecule has 5 nitrogen and oxygen atoms in total. The monoisotopic (exact) mass is 401 g/mol. The van der Waals surface area contributed by atoms with E-state index in [1.165, 1.54) is 11.9 Å². The van der Waals surface area contributed by atoms with E-state index >= 15 is 0 Å². The minimum Gasteiger partial charge on any atom is -0.361 e. The molecule has 0 radical (unpaired) electrons. The summed E-state index contributed by atoms with van der Waals surface area (Å²) in [6.45, 7) is 8.00. The SMILES string of the molecule is CC.CC.CN1C(=O)C(c2c[nH]c3ccccc23)=C(c2c[nH]c3ccccc23)C1=O. The van der Waals surface area contributed by atoms with Crippen molar-refractivity contribution in [1.82, 2.24) is 14.9 Å². The van der Waals surface area contributed by atoms with Crippen LogP contribution in [0.3, 0.4) is 0 Å². The fourth-order valence-electron chi connectivity index (χ4n) is 3.70. The van der Waals surface area contributed by atoms with E-state index < -0.39 is 0 Å². The van der Waals surface area contributed by atoms with Crippen LogP contribution in [0.2, 0.25) is 0 Å². The smallest absolute Gasteiger partial charge is 0.261 e. The predicted octanol–water partition coefficient (Wildman–Crippen LogP) is 5.61. The number of aromatic nitrogens is 2. The van der Waals surface area contributed by atoms with E-state index in [2.05, 4.69) is 9.97 Å². The Bertz CT molecular complexity index is 1150. The Hall–Kier alpha value is -3.60. The number of nitrogens with zero attached hydrogens (tertiary/aromatic N) is 1. The topological polar surface area (TPSA) is 69.0 Å². The maximum atomic E-state index is 12.9. The summed E-state index contributed by atoms with van der Waals surface area (Å²) in [6.07, 6.45) is 3.61. The lowest BCUT2D eigenvalue weighted by molar-refractivity contribution is -0.134. The number of fused-ring (bicyclic) bond motifs is 2. The Kier molecular flexibility index (Phi) is 6.21. The molecule has 5 rings (SSSR count). The van der Waals surface area contributed by atoms with Crippen LogP contribution in [0.25, 0.3) is 33.0 Å². The lowest BCUT2D eigenvalue weighted by atomic mass is 9.95. The average molecular weight is 402 g/mol. The molecule has 30 heavy (non-hydrogen) atoms. The van der Waals surface area contributed by atoms with Crippen molar-refractivity contribution in [3.8, 4) is 0 Å². The van der Waals surface area contributed by atoms with Gasteiger partial charge in [0, 0.05) is 52.4 Å². The highest BCUT2D eigenvalue weighted by atomic mass is 16.2. The first-order valence-electron chi connectivity index (χ1n) is 10.4. The third-order valence-electron chi connectivity index (χ3n) is 5.00. The number of hydrogen-bond acceptors (Lipinski definition) is 2. The molecule has 0 saturated heterocycles. The molecule has 2 aromatic carbocycles. The zero-order valence-electron chi connectivity index (χ0n) is 18.0. The second-order valence-corrected chi connectivity index (χ2v) is 6.42. The summed E-state index contributed by atoms with van der Waals surface area (Å²) in [5.74, 6) is -0.555. The van der Waals surface area contributed by atoms with Crippen LogP contribution in [0.4, 0.5) is 0 Å². The third-order valence-corrected chi connectivity index (χ3v) is 5.00. The number of rotatable bonds is 2. The maximum Gasteiger partial charge on any atom is 0.261 e. The van der Waals surface area contributed by atoms with E-state index in [0.29, 0.717) is 11.1 Å². The first-order valence-corrected chi connectivity index (χ1v) is 10.4. The van der Waals surface area contributed by atoms with Gasteiger partial charge in [0.1, 0.15) is 0 Å². The second kappa shape index (κ2) is 8.82. The Morgan fingerprint density at radius 2 is 1.00 bits per heavy atom. The van der Waals surface area contributed by atoms with Crippen LogP contribution in [0.15, 0.2) is 60.9 Å². The van der Waals surface area contributed by atoms with E-state index in [1.54, 1.807) is 12.4 Å². The first-order chi connectivity index (χ1) is 14.7.